The van der Waals surface area contributed by atoms with Crippen molar-refractivity contribution in [3.05, 3.63) is 40.7 Å². The number of benzene rings is 1. The zero-order valence-corrected chi connectivity index (χ0v) is 20.2. The van der Waals surface area contributed by atoms with Gasteiger partial charge in [0.05, 0.1) is 11.2 Å². The highest BCUT2D eigenvalue weighted by Gasteiger charge is 2.33. The van der Waals surface area contributed by atoms with Crippen LogP contribution in [0.25, 0.3) is 0 Å². The van der Waals surface area contributed by atoms with Gasteiger partial charge in [-0.05, 0) is 44.5 Å². The third kappa shape index (κ3) is 3.89. The van der Waals surface area contributed by atoms with Gasteiger partial charge in [0.2, 0.25) is 5.95 Å². The van der Waals surface area contributed by atoms with Gasteiger partial charge in [0, 0.05) is 51.1 Å². The van der Waals surface area contributed by atoms with Crippen molar-refractivity contribution >= 4 is 51.1 Å². The first-order chi connectivity index (χ1) is 16.0. The lowest BCUT2D eigenvalue weighted by Gasteiger charge is -2.30. The number of nitrogens with zero attached hydrogens (tertiary/aromatic N) is 6. The van der Waals surface area contributed by atoms with Crippen LogP contribution in [0.5, 0.6) is 0 Å². The Bertz CT molecular complexity index is 1200. The van der Waals surface area contributed by atoms with Crippen molar-refractivity contribution in [2.45, 2.75) is 20.8 Å². The second-order valence-electron chi connectivity index (χ2n) is 8.26. The van der Waals surface area contributed by atoms with Crippen LogP contribution in [0.2, 0.25) is 0 Å². The van der Waals surface area contributed by atoms with Crippen molar-refractivity contribution in [3.8, 4) is 0 Å². The van der Waals surface area contributed by atoms with Gasteiger partial charge in [0.1, 0.15) is 10.7 Å². The summed E-state index contributed by atoms with van der Waals surface area (Å²) in [5.41, 5.74) is 4.45. The largest absolute Gasteiger partial charge is 0.369 e. The molecule has 2 N–H and O–H groups in total. The SMILES string of the molecule is CCN1c2nc(Nc3ccc(N4CCNCC4)cc3C)ncc2N(C)C(=O)c2nc(C)sc21. The normalized spacial score (nSPS) is 15.9. The molecule has 9 nitrogen and oxygen atoms in total. The molecule has 0 bridgehead atoms. The molecule has 1 amide bonds. The number of thiazole rings is 1. The fraction of sp³-hybridized carbons (Fsp3) is 0.391. The van der Waals surface area contributed by atoms with Crippen molar-refractivity contribution in [2.24, 2.45) is 0 Å². The van der Waals surface area contributed by atoms with Crippen molar-refractivity contribution < 1.29 is 4.79 Å². The number of hydrogen-bond donors (Lipinski definition) is 2. The van der Waals surface area contributed by atoms with E-state index in [1.54, 1.807) is 18.1 Å². The molecular formula is C23H28N8OS. The summed E-state index contributed by atoms with van der Waals surface area (Å²) in [6.07, 6.45) is 1.71. The average molecular weight is 465 g/mol. The van der Waals surface area contributed by atoms with Gasteiger partial charge in [-0.15, -0.1) is 11.3 Å². The van der Waals surface area contributed by atoms with Gasteiger partial charge in [0.15, 0.2) is 11.5 Å². The van der Waals surface area contributed by atoms with Gasteiger partial charge < -0.3 is 25.3 Å². The highest BCUT2D eigenvalue weighted by molar-refractivity contribution is 7.16. The summed E-state index contributed by atoms with van der Waals surface area (Å²) in [6, 6.07) is 6.43. The standard InChI is InChI=1S/C23H28N8OS/c1-5-31-20-18(29(4)21(32)19-22(31)33-15(3)26-19)13-25-23(28-20)27-17-7-6-16(12-14(17)2)30-10-8-24-9-11-30/h6-7,12-13,24H,5,8-11H2,1-4H3,(H,25,27,28). The van der Waals surface area contributed by atoms with Crippen LogP contribution >= 0.6 is 11.3 Å². The fourth-order valence-corrected chi connectivity index (χ4v) is 5.26. The smallest absolute Gasteiger partial charge is 0.279 e. The van der Waals surface area contributed by atoms with E-state index in [0.717, 1.165) is 47.4 Å². The highest BCUT2D eigenvalue weighted by atomic mass is 32.1. The molecule has 3 aromatic rings. The van der Waals surface area contributed by atoms with Gasteiger partial charge in [-0.1, -0.05) is 0 Å². The minimum atomic E-state index is -0.143. The number of fused-ring (bicyclic) bond motifs is 2. The lowest BCUT2D eigenvalue weighted by Crippen LogP contribution is -2.43. The second kappa shape index (κ2) is 8.60. The van der Waals surface area contributed by atoms with Crippen LogP contribution in [-0.4, -0.2) is 60.6 Å². The molecule has 4 heterocycles. The van der Waals surface area contributed by atoms with Crippen LogP contribution in [0, 0.1) is 13.8 Å². The number of aryl methyl sites for hydroxylation is 2. The van der Waals surface area contributed by atoms with Crippen LogP contribution in [0.1, 0.15) is 28.0 Å². The maximum Gasteiger partial charge on any atom is 0.279 e. The Hall–Kier alpha value is -3.24. The Labute approximate surface area is 197 Å². The van der Waals surface area contributed by atoms with E-state index in [-0.39, 0.29) is 5.91 Å². The fourth-order valence-electron chi connectivity index (χ4n) is 4.29. The summed E-state index contributed by atoms with van der Waals surface area (Å²) >= 11 is 1.51. The zero-order chi connectivity index (χ0) is 23.1. The molecule has 33 heavy (non-hydrogen) atoms. The Balaban J connectivity index is 1.47. The molecule has 0 radical (unpaired) electrons. The molecule has 172 valence electrons. The number of aromatic nitrogens is 3. The number of piperazine rings is 1. The predicted octanol–water partition coefficient (Wildman–Crippen LogP) is 3.45. The van der Waals surface area contributed by atoms with E-state index in [1.807, 2.05) is 18.7 Å². The summed E-state index contributed by atoms with van der Waals surface area (Å²) < 4.78 is 0. The van der Waals surface area contributed by atoms with Crippen molar-refractivity contribution in [1.29, 1.82) is 0 Å². The number of hydrogen-bond acceptors (Lipinski definition) is 9. The van der Waals surface area contributed by atoms with Gasteiger partial charge in [0.25, 0.3) is 5.91 Å². The first-order valence-corrected chi connectivity index (χ1v) is 12.0. The van der Waals surface area contributed by atoms with Gasteiger partial charge in [-0.2, -0.15) is 4.98 Å². The molecule has 1 aromatic carbocycles. The molecule has 0 unspecified atom stereocenters. The molecule has 0 aliphatic carbocycles. The van der Waals surface area contributed by atoms with E-state index in [1.165, 1.54) is 17.0 Å². The lowest BCUT2D eigenvalue weighted by molar-refractivity contribution is 0.0990. The van der Waals surface area contributed by atoms with Gasteiger partial charge in [-0.3, -0.25) is 4.79 Å². The van der Waals surface area contributed by atoms with Crippen LogP contribution in [-0.2, 0) is 0 Å². The topological polar surface area (TPSA) is 89.5 Å². The quantitative estimate of drug-likeness (QED) is 0.607. The maximum absolute atomic E-state index is 13.0. The predicted molar refractivity (Wildman–Crippen MR) is 134 cm³/mol. The molecule has 0 atom stereocenters. The Morgan fingerprint density at radius 2 is 1.97 bits per heavy atom. The maximum atomic E-state index is 13.0. The molecule has 2 aliphatic rings. The van der Waals surface area contributed by atoms with E-state index in [4.69, 9.17) is 4.98 Å². The molecule has 5 rings (SSSR count). The molecule has 10 heteroatoms. The van der Waals surface area contributed by atoms with Crippen LogP contribution in [0.15, 0.2) is 24.4 Å². The number of rotatable bonds is 4. The molecular weight excluding hydrogens is 436 g/mol. The minimum Gasteiger partial charge on any atom is -0.369 e. The summed E-state index contributed by atoms with van der Waals surface area (Å²) in [6.45, 7) is 10.8. The molecule has 0 spiro atoms. The molecule has 1 saturated heterocycles. The van der Waals surface area contributed by atoms with Crippen molar-refractivity contribution in [3.63, 3.8) is 0 Å². The van der Waals surface area contributed by atoms with E-state index >= 15 is 0 Å². The number of carbonyl (C=O) groups excluding carboxylic acids is 1. The van der Waals surface area contributed by atoms with E-state index in [0.29, 0.717) is 29.7 Å². The average Bonchev–Trinajstić information content (AvgIpc) is 3.19. The van der Waals surface area contributed by atoms with E-state index in [9.17, 15) is 4.79 Å². The van der Waals surface area contributed by atoms with Gasteiger partial charge in [-0.25, -0.2) is 9.97 Å². The Kier molecular flexibility index (Phi) is 5.63. The van der Waals surface area contributed by atoms with E-state index < -0.39 is 0 Å². The first-order valence-electron chi connectivity index (χ1n) is 11.2. The summed E-state index contributed by atoms with van der Waals surface area (Å²) in [7, 11) is 1.74. The number of nitrogens with one attached hydrogen (secondary N) is 2. The molecule has 2 aliphatic heterocycles. The van der Waals surface area contributed by atoms with Crippen LogP contribution in [0.3, 0.4) is 0 Å². The van der Waals surface area contributed by atoms with E-state index in [2.05, 4.69) is 50.6 Å². The first kappa shape index (κ1) is 21.6. The number of anilines is 6. The van der Waals surface area contributed by atoms with Crippen molar-refractivity contribution in [1.82, 2.24) is 20.3 Å². The third-order valence-electron chi connectivity index (χ3n) is 6.09. The van der Waals surface area contributed by atoms with Crippen LogP contribution < -0.4 is 25.3 Å². The monoisotopic (exact) mass is 464 g/mol. The molecule has 2 aromatic heterocycles. The third-order valence-corrected chi connectivity index (χ3v) is 7.08. The minimum absolute atomic E-state index is 0.143. The summed E-state index contributed by atoms with van der Waals surface area (Å²) in [5.74, 6) is 1.05. The van der Waals surface area contributed by atoms with Gasteiger partial charge >= 0.3 is 0 Å². The summed E-state index contributed by atoms with van der Waals surface area (Å²) in [4.78, 5) is 32.9. The van der Waals surface area contributed by atoms with Crippen LogP contribution in [0.4, 0.5) is 33.8 Å². The number of amides is 1. The molecule has 0 saturated carbocycles. The molecule has 1 fully saturated rings. The second-order valence-corrected chi connectivity index (χ2v) is 9.44. The lowest BCUT2D eigenvalue weighted by atomic mass is 10.1. The number of carbonyl (C=O) groups is 1. The zero-order valence-electron chi connectivity index (χ0n) is 19.3. The Morgan fingerprint density at radius 1 is 1.18 bits per heavy atom. The summed E-state index contributed by atoms with van der Waals surface area (Å²) in [5, 5.41) is 8.45. The highest BCUT2D eigenvalue weighted by Crippen LogP contribution is 2.41. The Morgan fingerprint density at radius 3 is 2.70 bits per heavy atom. The van der Waals surface area contributed by atoms with Crippen molar-refractivity contribution in [2.75, 3.05) is 59.8 Å².